The van der Waals surface area contributed by atoms with E-state index in [0.717, 1.165) is 29.7 Å². The summed E-state index contributed by atoms with van der Waals surface area (Å²) >= 11 is 0. The Hall–Kier alpha value is -2.69. The minimum absolute atomic E-state index is 0.210. The van der Waals surface area contributed by atoms with E-state index in [9.17, 15) is 4.39 Å². The van der Waals surface area contributed by atoms with Crippen LogP contribution in [0.2, 0.25) is 0 Å². The molecule has 3 aromatic rings. The monoisotopic (exact) mass is 394 g/mol. The van der Waals surface area contributed by atoms with Crippen LogP contribution in [0.1, 0.15) is 33.4 Å². The summed E-state index contributed by atoms with van der Waals surface area (Å²) in [6.07, 6.45) is 2.71. The maximum atomic E-state index is 13.2. The van der Waals surface area contributed by atoms with Crippen LogP contribution >= 0.6 is 0 Å². The summed E-state index contributed by atoms with van der Waals surface area (Å²) in [5, 5.41) is 0. The summed E-state index contributed by atoms with van der Waals surface area (Å²) in [4.78, 5) is 0. The predicted molar refractivity (Wildman–Crippen MR) is 113 cm³/mol. The number of halogens is 1. The van der Waals surface area contributed by atoms with Crippen LogP contribution in [0.4, 0.5) is 4.39 Å². The minimum atomic E-state index is -0.219. The molecule has 0 fully saturated rings. The van der Waals surface area contributed by atoms with Crippen LogP contribution in [0.15, 0.2) is 60.7 Å². The standard InChI is InChI=1S/C23H21FO2.C2H6O/c1-25-15-26-23-9-5-18(11-19-6-2-17-12-20(19)13-17)14-21(23)10-16-3-7-22(24)8-4-16;1-3-2/h2-9,12,14H,10-11,13,15H2,1H3;1-2H3. The first-order valence-corrected chi connectivity index (χ1v) is 9.61. The summed E-state index contributed by atoms with van der Waals surface area (Å²) in [6.45, 7) is 0.210. The summed E-state index contributed by atoms with van der Waals surface area (Å²) in [6, 6.07) is 19.6. The van der Waals surface area contributed by atoms with Crippen molar-refractivity contribution >= 4 is 0 Å². The lowest BCUT2D eigenvalue weighted by atomic mass is 9.85. The van der Waals surface area contributed by atoms with E-state index in [4.69, 9.17) is 9.47 Å². The molecule has 0 saturated carbocycles. The van der Waals surface area contributed by atoms with E-state index in [2.05, 4.69) is 35.1 Å². The molecule has 0 N–H and O–H groups in total. The second-order valence-corrected chi connectivity index (χ2v) is 7.16. The molecule has 0 atom stereocenters. The molecule has 29 heavy (non-hydrogen) atoms. The quantitative estimate of drug-likeness (QED) is 0.406. The van der Waals surface area contributed by atoms with Gasteiger partial charge in [-0.3, -0.25) is 0 Å². The lowest BCUT2D eigenvalue weighted by Crippen LogP contribution is -2.07. The van der Waals surface area contributed by atoms with Crippen molar-refractivity contribution in [2.75, 3.05) is 28.1 Å². The highest BCUT2D eigenvalue weighted by atomic mass is 19.1. The molecule has 4 heteroatoms. The van der Waals surface area contributed by atoms with E-state index in [1.165, 1.54) is 34.4 Å². The van der Waals surface area contributed by atoms with Crippen molar-refractivity contribution in [2.24, 2.45) is 0 Å². The fourth-order valence-corrected chi connectivity index (χ4v) is 3.40. The van der Waals surface area contributed by atoms with Crippen molar-refractivity contribution in [3.8, 4) is 5.75 Å². The van der Waals surface area contributed by atoms with E-state index in [-0.39, 0.29) is 12.6 Å². The van der Waals surface area contributed by atoms with Gasteiger partial charge in [0.25, 0.3) is 0 Å². The first-order valence-electron chi connectivity index (χ1n) is 9.61. The lowest BCUT2D eigenvalue weighted by molar-refractivity contribution is 0.0505. The number of fused-ring (bicyclic) bond motifs is 2. The van der Waals surface area contributed by atoms with Gasteiger partial charge in [-0.25, -0.2) is 4.39 Å². The van der Waals surface area contributed by atoms with E-state index in [0.29, 0.717) is 6.42 Å². The molecule has 0 aromatic heterocycles. The zero-order valence-electron chi connectivity index (χ0n) is 17.2. The first kappa shape index (κ1) is 21.0. The van der Waals surface area contributed by atoms with Crippen LogP contribution in [0, 0.1) is 5.82 Å². The van der Waals surface area contributed by atoms with Gasteiger partial charge in [0, 0.05) is 27.8 Å². The fraction of sp³-hybridized carbons (Fsp3) is 0.280. The van der Waals surface area contributed by atoms with Crippen molar-refractivity contribution in [1.29, 1.82) is 0 Å². The molecule has 0 aliphatic heterocycles. The molecular formula is C25H27FO3. The molecule has 2 aliphatic rings. The molecule has 2 aliphatic carbocycles. The number of ether oxygens (including phenoxy) is 3. The largest absolute Gasteiger partial charge is 0.467 e. The molecule has 0 heterocycles. The van der Waals surface area contributed by atoms with Gasteiger partial charge in [-0.1, -0.05) is 42.5 Å². The van der Waals surface area contributed by atoms with Crippen molar-refractivity contribution in [3.63, 3.8) is 0 Å². The van der Waals surface area contributed by atoms with Gasteiger partial charge in [-0.05, 0) is 64.4 Å². The Morgan fingerprint density at radius 2 is 1.45 bits per heavy atom. The average molecular weight is 394 g/mol. The Balaban J connectivity index is 0.000000755. The summed E-state index contributed by atoms with van der Waals surface area (Å²) in [5.74, 6) is 0.589. The number of benzene rings is 3. The van der Waals surface area contributed by atoms with Gasteiger partial charge in [-0.15, -0.1) is 0 Å². The molecule has 0 spiro atoms. The van der Waals surface area contributed by atoms with Crippen LogP contribution in [0.5, 0.6) is 5.75 Å². The van der Waals surface area contributed by atoms with Gasteiger partial charge in [-0.2, -0.15) is 0 Å². The van der Waals surface area contributed by atoms with Gasteiger partial charge in [0.2, 0.25) is 0 Å². The Morgan fingerprint density at radius 1 is 0.793 bits per heavy atom. The highest BCUT2D eigenvalue weighted by Gasteiger charge is 2.14. The maximum absolute atomic E-state index is 13.2. The third-order valence-electron chi connectivity index (χ3n) is 4.82. The smallest absolute Gasteiger partial charge is 0.188 e. The third kappa shape index (κ3) is 5.66. The molecule has 3 nitrogen and oxygen atoms in total. The van der Waals surface area contributed by atoms with Crippen LogP contribution in [0.3, 0.4) is 0 Å². The zero-order chi connectivity index (χ0) is 20.6. The Kier molecular flexibility index (Phi) is 7.39. The van der Waals surface area contributed by atoms with E-state index in [1.54, 1.807) is 21.3 Å². The predicted octanol–water partition coefficient (Wildman–Crippen LogP) is 5.16. The van der Waals surface area contributed by atoms with E-state index >= 15 is 0 Å². The Morgan fingerprint density at radius 3 is 2.07 bits per heavy atom. The molecule has 152 valence electrons. The number of hydrogen-bond acceptors (Lipinski definition) is 3. The van der Waals surface area contributed by atoms with E-state index < -0.39 is 0 Å². The van der Waals surface area contributed by atoms with Gasteiger partial charge in [0.15, 0.2) is 6.79 Å². The Bertz CT molecular complexity index is 932. The first-order chi connectivity index (χ1) is 14.1. The fourth-order valence-electron chi connectivity index (χ4n) is 3.40. The van der Waals surface area contributed by atoms with Gasteiger partial charge < -0.3 is 14.2 Å². The van der Waals surface area contributed by atoms with Crippen molar-refractivity contribution < 1.29 is 18.6 Å². The normalized spacial score (nSPS) is 11.3. The van der Waals surface area contributed by atoms with Crippen LogP contribution < -0.4 is 4.74 Å². The second-order valence-electron chi connectivity index (χ2n) is 7.16. The Labute approximate surface area is 172 Å². The van der Waals surface area contributed by atoms with Gasteiger partial charge in [0.1, 0.15) is 11.6 Å². The third-order valence-corrected chi connectivity index (χ3v) is 4.82. The molecule has 0 amide bonds. The van der Waals surface area contributed by atoms with Crippen LogP contribution in [0.25, 0.3) is 0 Å². The lowest BCUT2D eigenvalue weighted by Gasteiger charge is -2.20. The average Bonchev–Trinajstić information content (AvgIpc) is 2.69. The molecule has 5 rings (SSSR count). The summed E-state index contributed by atoms with van der Waals surface area (Å²) < 4.78 is 28.2. The number of methoxy groups -OCH3 is 2. The van der Waals surface area contributed by atoms with Crippen molar-refractivity contribution in [2.45, 2.75) is 19.3 Å². The summed E-state index contributed by atoms with van der Waals surface area (Å²) in [7, 11) is 4.86. The van der Waals surface area contributed by atoms with Crippen LogP contribution in [-0.4, -0.2) is 28.1 Å². The highest BCUT2D eigenvalue weighted by molar-refractivity contribution is 5.47. The number of hydrogen-bond donors (Lipinski definition) is 0. The zero-order valence-corrected chi connectivity index (χ0v) is 17.2. The molecule has 0 unspecified atom stereocenters. The molecule has 0 saturated heterocycles. The minimum Gasteiger partial charge on any atom is -0.467 e. The van der Waals surface area contributed by atoms with Crippen molar-refractivity contribution in [1.82, 2.24) is 0 Å². The molecule has 2 bridgehead atoms. The summed E-state index contributed by atoms with van der Waals surface area (Å²) in [5.41, 5.74) is 7.64. The molecular weight excluding hydrogens is 367 g/mol. The highest BCUT2D eigenvalue weighted by Crippen LogP contribution is 2.29. The molecule has 0 radical (unpaired) electrons. The van der Waals surface area contributed by atoms with E-state index in [1.807, 2.05) is 18.2 Å². The maximum Gasteiger partial charge on any atom is 0.188 e. The molecule has 3 aromatic carbocycles. The number of rotatable bonds is 7. The second kappa shape index (κ2) is 10.2. The van der Waals surface area contributed by atoms with Crippen molar-refractivity contribution in [3.05, 3.63) is 99.9 Å². The van der Waals surface area contributed by atoms with Gasteiger partial charge in [0.05, 0.1) is 0 Å². The van der Waals surface area contributed by atoms with Gasteiger partial charge >= 0.3 is 0 Å². The topological polar surface area (TPSA) is 27.7 Å². The van der Waals surface area contributed by atoms with Crippen LogP contribution in [-0.2, 0) is 28.7 Å². The SMILES string of the molecule is COC.COCOc1ccc(Cc2ccc3cc2C3)cc1Cc1ccc(F)cc1.